The summed E-state index contributed by atoms with van der Waals surface area (Å²) in [7, 11) is -4.16. The Kier molecular flexibility index (Phi) is 5.50. The summed E-state index contributed by atoms with van der Waals surface area (Å²) in [6, 6.07) is 0. The highest BCUT2D eigenvalue weighted by Crippen LogP contribution is 2.48. The van der Waals surface area contributed by atoms with Crippen LogP contribution in [0.25, 0.3) is 0 Å². The molecule has 3 N–H and O–H groups in total. The molecule has 0 aliphatic carbocycles. The molecule has 9 heteroatoms. The summed E-state index contributed by atoms with van der Waals surface area (Å²) in [5.41, 5.74) is -0.736. The van der Waals surface area contributed by atoms with Gasteiger partial charge in [0.05, 0.1) is 12.3 Å². The van der Waals surface area contributed by atoms with Crippen LogP contribution in [0.1, 0.15) is 45.9 Å². The molecule has 0 amide bonds. The lowest BCUT2D eigenvalue weighted by Gasteiger charge is -2.33. The molecular formula is C16H27N2O6P. The number of ether oxygens (including phenoxy) is 1. The van der Waals surface area contributed by atoms with E-state index in [2.05, 4.69) is 4.98 Å². The molecule has 142 valence electrons. The van der Waals surface area contributed by atoms with Crippen LogP contribution in [0.3, 0.4) is 0 Å². The van der Waals surface area contributed by atoms with Crippen molar-refractivity contribution in [1.29, 1.82) is 0 Å². The normalized spacial score (nSPS) is 26.0. The number of aromatic nitrogens is 2. The van der Waals surface area contributed by atoms with E-state index in [1.54, 1.807) is 13.8 Å². The maximum atomic E-state index is 12.1. The van der Waals surface area contributed by atoms with E-state index in [-0.39, 0.29) is 23.4 Å². The van der Waals surface area contributed by atoms with Crippen LogP contribution in [0.5, 0.6) is 0 Å². The number of nitrogens with one attached hydrogen (secondary N) is 1. The molecule has 4 atom stereocenters. The van der Waals surface area contributed by atoms with Crippen molar-refractivity contribution in [2.24, 2.45) is 17.3 Å². The second-order valence-electron chi connectivity index (χ2n) is 8.07. The van der Waals surface area contributed by atoms with E-state index in [0.29, 0.717) is 12.0 Å². The molecule has 8 nitrogen and oxygen atoms in total. The third-order valence-electron chi connectivity index (χ3n) is 4.82. The van der Waals surface area contributed by atoms with Gasteiger partial charge in [-0.15, -0.1) is 0 Å². The van der Waals surface area contributed by atoms with Crippen molar-refractivity contribution >= 4 is 7.60 Å². The summed E-state index contributed by atoms with van der Waals surface area (Å²) < 4.78 is 18.8. The van der Waals surface area contributed by atoms with Gasteiger partial charge in [0.2, 0.25) is 0 Å². The fourth-order valence-electron chi connectivity index (χ4n) is 3.52. The van der Waals surface area contributed by atoms with Gasteiger partial charge >= 0.3 is 13.3 Å². The topological polar surface area (TPSA) is 122 Å². The maximum absolute atomic E-state index is 12.1. The van der Waals surface area contributed by atoms with Crippen LogP contribution in [0, 0.1) is 24.2 Å². The quantitative estimate of drug-likeness (QED) is 0.689. The molecule has 0 spiro atoms. The molecule has 1 aromatic heterocycles. The lowest BCUT2D eigenvalue weighted by atomic mass is 9.74. The third-order valence-corrected chi connectivity index (χ3v) is 5.87. The largest absolute Gasteiger partial charge is 0.354 e. The second kappa shape index (κ2) is 6.83. The average molecular weight is 374 g/mol. The minimum atomic E-state index is -4.16. The third kappa shape index (κ3) is 4.70. The number of aryl methyl sites for hydroxylation is 1. The lowest BCUT2D eigenvalue weighted by Crippen LogP contribution is -2.35. The first-order valence-electron chi connectivity index (χ1n) is 8.31. The Balaban J connectivity index is 2.36. The highest BCUT2D eigenvalue weighted by atomic mass is 31.2. The van der Waals surface area contributed by atoms with Crippen molar-refractivity contribution in [3.63, 3.8) is 0 Å². The molecule has 1 unspecified atom stereocenters. The minimum absolute atomic E-state index is 0.0122. The van der Waals surface area contributed by atoms with Gasteiger partial charge < -0.3 is 14.5 Å². The minimum Gasteiger partial charge on any atom is -0.354 e. The van der Waals surface area contributed by atoms with E-state index in [1.807, 2.05) is 20.8 Å². The average Bonchev–Trinajstić information content (AvgIpc) is 2.86. The second-order valence-corrected chi connectivity index (χ2v) is 9.76. The highest BCUT2D eigenvalue weighted by Gasteiger charge is 2.46. The number of aromatic amines is 1. The molecule has 2 rings (SSSR count). The zero-order valence-corrected chi connectivity index (χ0v) is 16.1. The van der Waals surface area contributed by atoms with Crippen LogP contribution < -0.4 is 11.2 Å². The Morgan fingerprint density at radius 1 is 1.40 bits per heavy atom. The summed E-state index contributed by atoms with van der Waals surface area (Å²) in [6.45, 7) is 9.50. The molecule has 0 bridgehead atoms. The van der Waals surface area contributed by atoms with E-state index < -0.39 is 31.2 Å². The van der Waals surface area contributed by atoms with Gasteiger partial charge in [-0.2, -0.15) is 0 Å². The number of rotatable bonds is 4. The van der Waals surface area contributed by atoms with E-state index in [4.69, 9.17) is 4.74 Å². The van der Waals surface area contributed by atoms with Crippen molar-refractivity contribution in [3.8, 4) is 0 Å². The van der Waals surface area contributed by atoms with E-state index >= 15 is 0 Å². The smallest absolute Gasteiger partial charge is 0.330 e. The molecule has 2 heterocycles. The van der Waals surface area contributed by atoms with Crippen LogP contribution in [-0.4, -0.2) is 31.6 Å². The zero-order valence-electron chi connectivity index (χ0n) is 15.2. The van der Waals surface area contributed by atoms with Gasteiger partial charge in [0.15, 0.2) is 0 Å². The summed E-state index contributed by atoms with van der Waals surface area (Å²) in [6.07, 6.45) is 0.775. The Bertz CT molecular complexity index is 787. The van der Waals surface area contributed by atoms with Gasteiger partial charge in [0.1, 0.15) is 6.23 Å². The van der Waals surface area contributed by atoms with Crippen molar-refractivity contribution < 1.29 is 19.1 Å². The van der Waals surface area contributed by atoms with Crippen LogP contribution in [0.4, 0.5) is 0 Å². The standard InChI is InChI=1S/C16H27N2O6P/c1-9-7-18(15(20)17-14(9)19)12-6-11(16(3,4)5)13(24-12)10(2)8-25(21,22)23/h7,10-13H,6,8H2,1-5H3,(H,17,19,20)(H2,21,22,23)/t10-,11?,12-,13-/m1/s1. The van der Waals surface area contributed by atoms with Gasteiger partial charge in [-0.05, 0) is 30.6 Å². The van der Waals surface area contributed by atoms with Crippen LogP contribution in [0.15, 0.2) is 15.8 Å². The SMILES string of the molecule is Cc1cn([C@H]2CC(C(C)(C)C)[C@@H]([C@H](C)CP(=O)(O)O)O2)c(=O)[nH]c1=O. The number of nitrogens with zero attached hydrogens (tertiary/aromatic N) is 1. The summed E-state index contributed by atoms with van der Waals surface area (Å²) in [4.78, 5) is 44.6. The summed E-state index contributed by atoms with van der Waals surface area (Å²) >= 11 is 0. The summed E-state index contributed by atoms with van der Waals surface area (Å²) in [5, 5.41) is 0. The van der Waals surface area contributed by atoms with Crippen LogP contribution >= 0.6 is 7.60 Å². The van der Waals surface area contributed by atoms with Gasteiger partial charge in [0, 0.05) is 11.8 Å². The molecule has 1 aliphatic heterocycles. The fraction of sp³-hybridized carbons (Fsp3) is 0.750. The van der Waals surface area contributed by atoms with E-state index in [0.717, 1.165) is 0 Å². The fourth-order valence-corrected chi connectivity index (χ4v) is 4.48. The monoisotopic (exact) mass is 374 g/mol. The molecule has 1 aromatic rings. The first-order chi connectivity index (χ1) is 11.3. The van der Waals surface area contributed by atoms with Gasteiger partial charge in [-0.25, -0.2) is 4.79 Å². The van der Waals surface area contributed by atoms with Crippen LogP contribution in [0.2, 0.25) is 0 Å². The predicted molar refractivity (Wildman–Crippen MR) is 93.6 cm³/mol. The van der Waals surface area contributed by atoms with Crippen molar-refractivity contribution in [1.82, 2.24) is 9.55 Å². The number of hydrogen-bond donors (Lipinski definition) is 3. The Morgan fingerprint density at radius 2 is 2.00 bits per heavy atom. The molecule has 1 fully saturated rings. The van der Waals surface area contributed by atoms with E-state index in [9.17, 15) is 23.9 Å². The van der Waals surface area contributed by atoms with Gasteiger partial charge in [-0.1, -0.05) is 27.7 Å². The van der Waals surface area contributed by atoms with Gasteiger partial charge in [-0.3, -0.25) is 18.9 Å². The molecule has 25 heavy (non-hydrogen) atoms. The van der Waals surface area contributed by atoms with Crippen molar-refractivity contribution in [2.45, 2.75) is 53.4 Å². The van der Waals surface area contributed by atoms with Gasteiger partial charge in [0.25, 0.3) is 5.56 Å². The number of hydrogen-bond acceptors (Lipinski definition) is 4. The van der Waals surface area contributed by atoms with Crippen LogP contribution in [-0.2, 0) is 9.30 Å². The van der Waals surface area contributed by atoms with E-state index in [1.165, 1.54) is 10.8 Å². The van der Waals surface area contributed by atoms with Crippen molar-refractivity contribution in [3.05, 3.63) is 32.6 Å². The lowest BCUT2D eigenvalue weighted by molar-refractivity contribution is -0.0391. The zero-order chi connectivity index (χ0) is 19.2. The first kappa shape index (κ1) is 20.1. The molecule has 1 saturated heterocycles. The first-order valence-corrected chi connectivity index (χ1v) is 10.1. The Hall–Kier alpha value is -1.21. The molecule has 0 saturated carbocycles. The highest BCUT2D eigenvalue weighted by molar-refractivity contribution is 7.51. The Labute approximate surface area is 146 Å². The molecular weight excluding hydrogens is 347 g/mol. The number of H-pyrrole nitrogens is 1. The summed E-state index contributed by atoms with van der Waals surface area (Å²) in [5.74, 6) is -0.354. The maximum Gasteiger partial charge on any atom is 0.330 e. The van der Waals surface area contributed by atoms with Crippen molar-refractivity contribution in [2.75, 3.05) is 6.16 Å². The Morgan fingerprint density at radius 3 is 2.52 bits per heavy atom. The molecule has 1 aliphatic rings. The molecule has 0 aromatic carbocycles. The predicted octanol–water partition coefficient (Wildman–Crippen LogP) is 1.61. The molecule has 0 radical (unpaired) electrons.